The first-order valence-corrected chi connectivity index (χ1v) is 7.23. The second kappa shape index (κ2) is 7.42. The van der Waals surface area contributed by atoms with Gasteiger partial charge in [0.15, 0.2) is 0 Å². The molecular formula is C14H19BrN2O4. The Morgan fingerprint density at radius 1 is 1.33 bits per heavy atom. The molecule has 0 heterocycles. The van der Waals surface area contributed by atoms with Gasteiger partial charge in [0.1, 0.15) is 0 Å². The molecule has 0 aromatic heterocycles. The summed E-state index contributed by atoms with van der Waals surface area (Å²) in [6.07, 6.45) is -0.435. The standard InChI is InChI=1S/C14H19BrN2O4/c1-9(10-3-5-11(15)6-4-10)17-13(20)16-8-14(2,21)7-12(18)19/h3-6,9,21H,7-8H2,1-2H3,(H,18,19)(H2,16,17,20). The fraction of sp³-hybridized carbons (Fsp3) is 0.429. The predicted octanol–water partition coefficient (Wildman–Crippen LogP) is 2.03. The Bertz CT molecular complexity index is 502. The summed E-state index contributed by atoms with van der Waals surface area (Å²) >= 11 is 3.34. The number of carboxylic acid groups (broad SMARTS) is 1. The topological polar surface area (TPSA) is 98.7 Å². The highest BCUT2D eigenvalue weighted by Crippen LogP contribution is 2.16. The molecule has 0 fully saturated rings. The summed E-state index contributed by atoms with van der Waals surface area (Å²) in [5, 5.41) is 23.6. The molecule has 0 aliphatic heterocycles. The van der Waals surface area contributed by atoms with Crippen molar-refractivity contribution in [2.75, 3.05) is 6.54 Å². The van der Waals surface area contributed by atoms with Crippen LogP contribution in [0.2, 0.25) is 0 Å². The first-order chi connectivity index (χ1) is 9.69. The minimum Gasteiger partial charge on any atom is -0.481 e. The molecule has 2 atom stereocenters. The maximum Gasteiger partial charge on any atom is 0.315 e. The largest absolute Gasteiger partial charge is 0.481 e. The van der Waals surface area contributed by atoms with Crippen molar-refractivity contribution >= 4 is 27.9 Å². The van der Waals surface area contributed by atoms with E-state index in [0.29, 0.717) is 0 Å². The van der Waals surface area contributed by atoms with E-state index in [2.05, 4.69) is 26.6 Å². The smallest absolute Gasteiger partial charge is 0.315 e. The summed E-state index contributed by atoms with van der Waals surface area (Å²) in [7, 11) is 0. The van der Waals surface area contributed by atoms with Crippen LogP contribution in [0.5, 0.6) is 0 Å². The Hall–Kier alpha value is -1.60. The molecule has 116 valence electrons. The zero-order valence-electron chi connectivity index (χ0n) is 11.9. The van der Waals surface area contributed by atoms with Crippen LogP contribution in [-0.4, -0.2) is 34.4 Å². The molecule has 0 aliphatic carbocycles. The zero-order valence-corrected chi connectivity index (χ0v) is 13.5. The summed E-state index contributed by atoms with van der Waals surface area (Å²) in [6, 6.07) is 6.86. The van der Waals surface area contributed by atoms with Crippen LogP contribution < -0.4 is 10.6 Å². The Balaban J connectivity index is 2.46. The van der Waals surface area contributed by atoms with Gasteiger partial charge < -0.3 is 20.8 Å². The minimum atomic E-state index is -1.48. The summed E-state index contributed by atoms with van der Waals surface area (Å²) in [4.78, 5) is 22.3. The van der Waals surface area contributed by atoms with Gasteiger partial charge in [-0.05, 0) is 31.5 Å². The summed E-state index contributed by atoms with van der Waals surface area (Å²) in [5.41, 5.74) is -0.546. The van der Waals surface area contributed by atoms with Crippen molar-refractivity contribution in [2.45, 2.75) is 31.9 Å². The second-order valence-electron chi connectivity index (χ2n) is 5.17. The van der Waals surface area contributed by atoms with Crippen molar-refractivity contribution in [3.63, 3.8) is 0 Å². The van der Waals surface area contributed by atoms with Crippen LogP contribution in [0, 0.1) is 0 Å². The molecule has 0 spiro atoms. The minimum absolute atomic E-state index is 0.141. The molecule has 4 N–H and O–H groups in total. The molecule has 0 aliphatic rings. The summed E-state index contributed by atoms with van der Waals surface area (Å²) < 4.78 is 0.951. The maximum absolute atomic E-state index is 11.7. The molecule has 1 aromatic carbocycles. The Morgan fingerprint density at radius 3 is 2.43 bits per heavy atom. The van der Waals surface area contributed by atoms with Crippen LogP contribution in [0.25, 0.3) is 0 Å². The Labute approximate surface area is 131 Å². The third kappa shape index (κ3) is 6.59. The van der Waals surface area contributed by atoms with Gasteiger partial charge in [-0.2, -0.15) is 0 Å². The van der Waals surface area contributed by atoms with E-state index in [4.69, 9.17) is 5.11 Å². The van der Waals surface area contributed by atoms with Crippen LogP contribution in [0.15, 0.2) is 28.7 Å². The average molecular weight is 359 g/mol. The number of urea groups is 1. The third-order valence-electron chi connectivity index (χ3n) is 2.88. The maximum atomic E-state index is 11.7. The number of hydrogen-bond donors (Lipinski definition) is 4. The Morgan fingerprint density at radius 2 is 1.90 bits per heavy atom. The number of nitrogens with one attached hydrogen (secondary N) is 2. The molecule has 0 saturated heterocycles. The second-order valence-corrected chi connectivity index (χ2v) is 6.08. The molecule has 7 heteroatoms. The van der Waals surface area contributed by atoms with E-state index in [1.54, 1.807) is 0 Å². The van der Waals surface area contributed by atoms with Gasteiger partial charge in [-0.1, -0.05) is 28.1 Å². The number of aliphatic hydroxyl groups is 1. The fourth-order valence-corrected chi connectivity index (χ4v) is 2.01. The normalized spacial score (nSPS) is 14.9. The van der Waals surface area contributed by atoms with E-state index in [-0.39, 0.29) is 12.6 Å². The van der Waals surface area contributed by atoms with Crippen LogP contribution in [-0.2, 0) is 4.79 Å². The summed E-state index contributed by atoms with van der Waals surface area (Å²) in [6.45, 7) is 3.05. The van der Waals surface area contributed by atoms with Crippen LogP contribution in [0.4, 0.5) is 4.79 Å². The monoisotopic (exact) mass is 358 g/mol. The highest BCUT2D eigenvalue weighted by Gasteiger charge is 2.25. The van der Waals surface area contributed by atoms with Crippen LogP contribution >= 0.6 is 15.9 Å². The van der Waals surface area contributed by atoms with Gasteiger partial charge in [-0.15, -0.1) is 0 Å². The highest BCUT2D eigenvalue weighted by atomic mass is 79.9. The lowest BCUT2D eigenvalue weighted by atomic mass is 10.0. The zero-order chi connectivity index (χ0) is 16.0. The number of aliphatic carboxylic acids is 1. The molecule has 1 aromatic rings. The number of benzene rings is 1. The molecule has 0 bridgehead atoms. The summed E-state index contributed by atoms with van der Waals surface area (Å²) in [5.74, 6) is -1.12. The molecule has 6 nitrogen and oxygen atoms in total. The van der Waals surface area contributed by atoms with Gasteiger partial charge in [0, 0.05) is 11.0 Å². The number of carbonyl (C=O) groups excluding carboxylic acids is 1. The van der Waals surface area contributed by atoms with Crippen molar-refractivity contribution in [1.29, 1.82) is 0 Å². The van der Waals surface area contributed by atoms with Gasteiger partial charge in [0.2, 0.25) is 0 Å². The lowest BCUT2D eigenvalue weighted by Gasteiger charge is -2.22. The van der Waals surface area contributed by atoms with Gasteiger partial charge >= 0.3 is 12.0 Å². The first kappa shape index (κ1) is 17.5. The van der Waals surface area contributed by atoms with Crippen molar-refractivity contribution in [3.05, 3.63) is 34.3 Å². The van der Waals surface area contributed by atoms with Crippen molar-refractivity contribution in [3.8, 4) is 0 Å². The lowest BCUT2D eigenvalue weighted by Crippen LogP contribution is -2.46. The molecule has 0 radical (unpaired) electrons. The fourth-order valence-electron chi connectivity index (χ4n) is 1.74. The number of hydrogen-bond acceptors (Lipinski definition) is 3. The van der Waals surface area contributed by atoms with E-state index in [0.717, 1.165) is 10.0 Å². The number of carbonyl (C=O) groups is 2. The molecular weight excluding hydrogens is 340 g/mol. The molecule has 2 amide bonds. The van der Waals surface area contributed by atoms with E-state index in [9.17, 15) is 14.7 Å². The number of rotatable bonds is 6. The first-order valence-electron chi connectivity index (χ1n) is 6.43. The van der Waals surface area contributed by atoms with E-state index < -0.39 is 24.0 Å². The van der Waals surface area contributed by atoms with E-state index >= 15 is 0 Å². The van der Waals surface area contributed by atoms with Gasteiger partial charge in [-0.3, -0.25) is 4.79 Å². The third-order valence-corrected chi connectivity index (χ3v) is 3.41. The number of carboxylic acids is 1. The predicted molar refractivity (Wildman–Crippen MR) is 82.0 cm³/mol. The average Bonchev–Trinajstić information content (AvgIpc) is 2.36. The molecule has 1 rings (SSSR count). The van der Waals surface area contributed by atoms with Crippen LogP contribution in [0.3, 0.4) is 0 Å². The van der Waals surface area contributed by atoms with Crippen LogP contribution in [0.1, 0.15) is 31.9 Å². The lowest BCUT2D eigenvalue weighted by molar-refractivity contribution is -0.141. The van der Waals surface area contributed by atoms with E-state index in [1.165, 1.54) is 6.92 Å². The van der Waals surface area contributed by atoms with Crippen molar-refractivity contribution in [1.82, 2.24) is 10.6 Å². The molecule has 0 saturated carbocycles. The quantitative estimate of drug-likeness (QED) is 0.625. The van der Waals surface area contributed by atoms with Gasteiger partial charge in [0.25, 0.3) is 0 Å². The molecule has 2 unspecified atom stereocenters. The van der Waals surface area contributed by atoms with Crippen molar-refractivity contribution in [2.24, 2.45) is 0 Å². The van der Waals surface area contributed by atoms with Gasteiger partial charge in [0.05, 0.1) is 18.1 Å². The van der Waals surface area contributed by atoms with Crippen molar-refractivity contribution < 1.29 is 19.8 Å². The molecule has 21 heavy (non-hydrogen) atoms. The van der Waals surface area contributed by atoms with Gasteiger partial charge in [-0.25, -0.2) is 4.79 Å². The van der Waals surface area contributed by atoms with E-state index in [1.807, 2.05) is 31.2 Å². The highest BCUT2D eigenvalue weighted by molar-refractivity contribution is 9.10. The number of halogens is 1. The number of amides is 2. The Kier molecular flexibility index (Phi) is 6.17. The SMILES string of the molecule is CC(NC(=O)NCC(C)(O)CC(=O)O)c1ccc(Br)cc1.